The zero-order valence-electron chi connectivity index (χ0n) is 8.39. The number of hydrogen-bond acceptors (Lipinski definition) is 5. The summed E-state index contributed by atoms with van der Waals surface area (Å²) in [5.41, 5.74) is 10.9. The zero-order valence-corrected chi connectivity index (χ0v) is 8.39. The van der Waals surface area contributed by atoms with E-state index in [0.29, 0.717) is 6.29 Å². The van der Waals surface area contributed by atoms with Gasteiger partial charge in [-0.2, -0.15) is 0 Å². The van der Waals surface area contributed by atoms with Crippen LogP contribution in [0.3, 0.4) is 0 Å². The van der Waals surface area contributed by atoms with Crippen molar-refractivity contribution in [2.75, 3.05) is 0 Å². The Morgan fingerprint density at radius 2 is 1.73 bits per heavy atom. The lowest BCUT2D eigenvalue weighted by atomic mass is 9.99. The molecule has 86 valence electrons. The predicted molar refractivity (Wildman–Crippen MR) is 53.1 cm³/mol. The average Bonchev–Trinajstić information content (AvgIpc) is 2.21. The molecule has 0 aliphatic carbocycles. The number of hydrogen-bond donors (Lipinski definition) is 3. The third-order valence-corrected chi connectivity index (χ3v) is 2.00. The fraction of sp³-hybridized carbons (Fsp3) is 0.667. The van der Waals surface area contributed by atoms with Gasteiger partial charge in [0.25, 0.3) is 0 Å². The second-order valence-electron chi connectivity index (χ2n) is 3.29. The Labute approximate surface area is 87.6 Å². The minimum absolute atomic E-state index is 0.0724. The second-order valence-corrected chi connectivity index (χ2v) is 3.29. The van der Waals surface area contributed by atoms with Gasteiger partial charge in [-0.05, 0) is 12.8 Å². The summed E-state index contributed by atoms with van der Waals surface area (Å²) in [5.74, 6) is -1.39. The van der Waals surface area contributed by atoms with Crippen molar-refractivity contribution in [3.05, 3.63) is 0 Å². The number of nitrogens with two attached hydrogens (primary N) is 2. The van der Waals surface area contributed by atoms with E-state index in [1.54, 1.807) is 0 Å². The van der Waals surface area contributed by atoms with E-state index in [-0.39, 0.29) is 25.7 Å². The van der Waals surface area contributed by atoms with E-state index in [4.69, 9.17) is 16.6 Å². The number of Topliss-reactive ketones (excluding diaryl/α,β-unsaturated/α-hetero) is 1. The van der Waals surface area contributed by atoms with Gasteiger partial charge in [-0.25, -0.2) is 0 Å². The number of rotatable bonds is 8. The van der Waals surface area contributed by atoms with E-state index in [0.717, 1.165) is 0 Å². The van der Waals surface area contributed by atoms with Crippen molar-refractivity contribution in [2.24, 2.45) is 11.5 Å². The minimum Gasteiger partial charge on any atom is -0.481 e. The molecular formula is C9H16N2O4. The number of carbonyl (C=O) groups excluding carboxylic acids is 2. The molecule has 0 aliphatic heterocycles. The molecule has 0 fully saturated rings. The van der Waals surface area contributed by atoms with Crippen molar-refractivity contribution >= 4 is 18.0 Å². The highest BCUT2D eigenvalue weighted by atomic mass is 16.4. The van der Waals surface area contributed by atoms with Crippen LogP contribution in [0.2, 0.25) is 0 Å². The molecule has 0 aromatic rings. The average molecular weight is 216 g/mol. The van der Waals surface area contributed by atoms with E-state index >= 15 is 0 Å². The van der Waals surface area contributed by atoms with E-state index in [1.165, 1.54) is 0 Å². The molecular weight excluding hydrogens is 200 g/mol. The summed E-state index contributed by atoms with van der Waals surface area (Å²) < 4.78 is 0. The smallest absolute Gasteiger partial charge is 0.303 e. The number of aldehydes is 1. The Bertz CT molecular complexity index is 242. The first kappa shape index (κ1) is 13.7. The molecule has 6 nitrogen and oxygen atoms in total. The normalized spacial score (nSPS) is 14.3. The van der Waals surface area contributed by atoms with Crippen molar-refractivity contribution in [1.82, 2.24) is 0 Å². The van der Waals surface area contributed by atoms with Gasteiger partial charge in [-0.3, -0.25) is 9.59 Å². The van der Waals surface area contributed by atoms with Crippen LogP contribution in [0, 0.1) is 0 Å². The highest BCUT2D eigenvalue weighted by Gasteiger charge is 2.20. The molecule has 2 unspecified atom stereocenters. The third kappa shape index (κ3) is 5.92. The Hall–Kier alpha value is -1.27. The van der Waals surface area contributed by atoms with Crippen LogP contribution in [-0.2, 0) is 14.4 Å². The maximum Gasteiger partial charge on any atom is 0.303 e. The van der Waals surface area contributed by atoms with E-state index in [1.807, 2.05) is 0 Å². The molecule has 6 heteroatoms. The van der Waals surface area contributed by atoms with Gasteiger partial charge in [0.15, 0.2) is 5.78 Å². The Balaban J connectivity index is 3.95. The molecule has 0 saturated heterocycles. The van der Waals surface area contributed by atoms with Crippen LogP contribution >= 0.6 is 0 Å². The monoisotopic (exact) mass is 216 g/mol. The number of carboxylic acid groups (broad SMARTS) is 1. The fourth-order valence-corrected chi connectivity index (χ4v) is 1.09. The maximum atomic E-state index is 11.4. The van der Waals surface area contributed by atoms with Crippen molar-refractivity contribution in [3.8, 4) is 0 Å². The highest BCUT2D eigenvalue weighted by Crippen LogP contribution is 2.02. The maximum absolute atomic E-state index is 11.4. The number of aliphatic carboxylic acids is 1. The molecule has 0 rings (SSSR count). The van der Waals surface area contributed by atoms with Crippen molar-refractivity contribution in [2.45, 2.75) is 37.8 Å². The molecule has 2 atom stereocenters. The van der Waals surface area contributed by atoms with Crippen LogP contribution in [0.25, 0.3) is 0 Å². The van der Waals surface area contributed by atoms with Crippen LogP contribution in [-0.4, -0.2) is 35.2 Å². The molecule has 0 spiro atoms. The third-order valence-electron chi connectivity index (χ3n) is 2.00. The van der Waals surface area contributed by atoms with E-state index < -0.39 is 23.8 Å². The van der Waals surface area contributed by atoms with Crippen LogP contribution < -0.4 is 11.5 Å². The van der Waals surface area contributed by atoms with Crippen molar-refractivity contribution in [1.29, 1.82) is 0 Å². The molecule has 15 heavy (non-hydrogen) atoms. The standard InChI is InChI=1S/C9H16N2O4/c10-6(2-1-5-12)9(15)7(11)3-4-8(13)14/h5-7H,1-4,10-11H2,(H,13,14). The minimum atomic E-state index is -1.00. The Morgan fingerprint density at radius 3 is 2.20 bits per heavy atom. The lowest BCUT2D eigenvalue weighted by Crippen LogP contribution is -2.43. The van der Waals surface area contributed by atoms with Crippen molar-refractivity contribution < 1.29 is 19.5 Å². The highest BCUT2D eigenvalue weighted by molar-refractivity contribution is 5.89. The summed E-state index contributed by atoms with van der Waals surface area (Å²) in [5, 5.41) is 8.38. The van der Waals surface area contributed by atoms with E-state index in [9.17, 15) is 14.4 Å². The number of carbonyl (C=O) groups is 3. The van der Waals surface area contributed by atoms with Gasteiger partial charge in [-0.1, -0.05) is 0 Å². The van der Waals surface area contributed by atoms with Gasteiger partial charge in [0.05, 0.1) is 12.1 Å². The summed E-state index contributed by atoms with van der Waals surface area (Å²) in [6, 6.07) is -1.64. The lowest BCUT2D eigenvalue weighted by molar-refractivity contribution is -0.137. The summed E-state index contributed by atoms with van der Waals surface area (Å²) in [6.45, 7) is 0. The summed E-state index contributed by atoms with van der Waals surface area (Å²) in [7, 11) is 0. The van der Waals surface area contributed by atoms with Gasteiger partial charge in [-0.15, -0.1) is 0 Å². The van der Waals surface area contributed by atoms with E-state index in [2.05, 4.69) is 0 Å². The molecule has 0 bridgehead atoms. The summed E-state index contributed by atoms with van der Waals surface area (Å²) in [6.07, 6.45) is 1.05. The Morgan fingerprint density at radius 1 is 1.20 bits per heavy atom. The lowest BCUT2D eigenvalue weighted by Gasteiger charge is -2.14. The van der Waals surface area contributed by atoms with Gasteiger partial charge < -0.3 is 21.4 Å². The fourth-order valence-electron chi connectivity index (χ4n) is 1.09. The summed E-state index contributed by atoms with van der Waals surface area (Å²) in [4.78, 5) is 31.7. The van der Waals surface area contributed by atoms with Gasteiger partial charge >= 0.3 is 5.97 Å². The molecule has 5 N–H and O–H groups in total. The number of ketones is 1. The van der Waals surface area contributed by atoms with Gasteiger partial charge in [0, 0.05) is 12.8 Å². The van der Waals surface area contributed by atoms with Crippen LogP contribution in [0.15, 0.2) is 0 Å². The van der Waals surface area contributed by atoms with Gasteiger partial charge in [0.1, 0.15) is 6.29 Å². The molecule has 0 heterocycles. The first-order chi connectivity index (χ1) is 6.99. The second kappa shape index (κ2) is 7.08. The molecule has 0 aliphatic rings. The topological polar surface area (TPSA) is 123 Å². The SMILES string of the molecule is NC(CCC=O)C(=O)C(N)CCC(=O)O. The van der Waals surface area contributed by atoms with Crippen molar-refractivity contribution in [3.63, 3.8) is 0 Å². The van der Waals surface area contributed by atoms with Gasteiger partial charge in [0.2, 0.25) is 0 Å². The zero-order chi connectivity index (χ0) is 11.8. The molecule has 0 aromatic heterocycles. The van der Waals surface area contributed by atoms with Crippen LogP contribution in [0.4, 0.5) is 0 Å². The molecule has 0 aromatic carbocycles. The first-order valence-electron chi connectivity index (χ1n) is 4.69. The molecule has 0 amide bonds. The Kier molecular flexibility index (Phi) is 6.48. The largest absolute Gasteiger partial charge is 0.481 e. The molecule has 0 radical (unpaired) electrons. The summed E-state index contributed by atoms with van der Waals surface area (Å²) >= 11 is 0. The van der Waals surface area contributed by atoms with Crippen LogP contribution in [0.1, 0.15) is 25.7 Å². The van der Waals surface area contributed by atoms with Crippen LogP contribution in [0.5, 0.6) is 0 Å². The molecule has 0 saturated carbocycles. The number of carboxylic acids is 1. The predicted octanol–water partition coefficient (Wildman–Crippen LogP) is -0.946. The quantitative estimate of drug-likeness (QED) is 0.449. The first-order valence-corrected chi connectivity index (χ1v) is 4.69.